The van der Waals surface area contributed by atoms with Crippen molar-refractivity contribution < 1.29 is 158 Å². The number of isocyanates is 1. The van der Waals surface area contributed by atoms with E-state index in [1.54, 1.807) is 27.7 Å². The summed E-state index contributed by atoms with van der Waals surface area (Å²) in [4.78, 5) is 116. The van der Waals surface area contributed by atoms with Crippen LogP contribution in [-0.4, -0.2) is 272 Å². The monoisotopic (exact) mass is 1780 g/mol. The number of phosphoric acid groups is 4. The maximum Gasteiger partial charge on any atom is 0.475 e. The summed E-state index contributed by atoms with van der Waals surface area (Å²) in [5, 5.41) is 15.6. The van der Waals surface area contributed by atoms with Gasteiger partial charge in [0.2, 0.25) is 29.7 Å². The Kier molecular flexibility index (Phi) is 73.7. The van der Waals surface area contributed by atoms with E-state index in [0.717, 1.165) is 0 Å². The zero-order valence-electron chi connectivity index (χ0n) is 67.7. The lowest BCUT2D eigenvalue weighted by atomic mass is 10.3. The molecular formula is C67H122Cl2N8O34P4. The molecule has 0 fully saturated rings. The van der Waals surface area contributed by atoms with E-state index in [0.29, 0.717) is 32.3 Å². The Bertz CT molecular complexity index is 2930. The average Bonchev–Trinajstić information content (AvgIpc) is 0.903. The first-order valence-corrected chi connectivity index (χ1v) is 42.7. The van der Waals surface area contributed by atoms with E-state index in [2.05, 4.69) is 63.2 Å². The van der Waals surface area contributed by atoms with Gasteiger partial charge in [0.25, 0.3) is 0 Å². The van der Waals surface area contributed by atoms with Crippen molar-refractivity contribution in [3.63, 3.8) is 0 Å². The van der Waals surface area contributed by atoms with Crippen molar-refractivity contribution in [2.75, 3.05) is 164 Å². The molecule has 0 heterocycles. The van der Waals surface area contributed by atoms with Crippen molar-refractivity contribution in [3.05, 3.63) is 50.6 Å². The highest BCUT2D eigenvalue weighted by Crippen LogP contribution is 2.52. The van der Waals surface area contributed by atoms with Crippen LogP contribution in [0.1, 0.15) is 109 Å². The molecule has 0 radical (unpaired) electrons. The Hall–Kier alpha value is -5.81. The Balaban J connectivity index is -0.000000872. The molecule has 12 atom stereocenters. The van der Waals surface area contributed by atoms with Gasteiger partial charge < -0.3 is 75.5 Å². The number of hydrogen-bond acceptors (Lipinski definition) is 36. The number of carbonyl (C=O) groups is 9. The van der Waals surface area contributed by atoms with Gasteiger partial charge in [-0.15, -0.1) is 49.5 Å². The quantitative estimate of drug-likeness (QED) is 0.00481. The number of halogens is 2. The first kappa shape index (κ1) is 116. The molecule has 0 aromatic heterocycles. The lowest BCUT2D eigenvalue weighted by Crippen LogP contribution is -2.40. The lowest BCUT2D eigenvalue weighted by Gasteiger charge is -2.23. The van der Waals surface area contributed by atoms with Crippen LogP contribution in [0.3, 0.4) is 0 Å². The predicted molar refractivity (Wildman–Crippen MR) is 420 cm³/mol. The van der Waals surface area contributed by atoms with E-state index in [4.69, 9.17) is 121 Å². The Labute approximate surface area is 683 Å². The van der Waals surface area contributed by atoms with Gasteiger partial charge in [-0.1, -0.05) is 24.3 Å². The second kappa shape index (κ2) is 73.3. The molecule has 8 N–H and O–H groups in total. The summed E-state index contributed by atoms with van der Waals surface area (Å²) in [6, 6.07) is -3.35. The summed E-state index contributed by atoms with van der Waals surface area (Å²) in [5.41, 5.74) is 5.34. The van der Waals surface area contributed by atoms with Gasteiger partial charge >= 0.3 is 61.2 Å². The van der Waals surface area contributed by atoms with Crippen LogP contribution in [0.5, 0.6) is 0 Å². The molecule has 0 aliphatic rings. The third-order valence-electron chi connectivity index (χ3n) is 12.3. The molecule has 0 saturated carbocycles. The van der Waals surface area contributed by atoms with Crippen molar-refractivity contribution in [3.8, 4) is 0 Å². The predicted octanol–water partition coefficient (Wildman–Crippen LogP) is 6.80. The SMILES string of the molecule is C=CCOP(=O)(OCCN)OC[C@H](COCC[C@@H](C)OC(C)=O)NC(C)=O.C=CCOP(=O)(OCCN=C=O)OC[C@@H](COCC[C@@H](C)OC(C)=O)NC(C)=O.C=CCOP(=O)(OCCNC(=O)NCCOP(=O)(OCC=C)OC[C@H](COCC[C@@H](C)OC(C)=O)NC(C)=O)OC[C@@H](COCC[C@@H](C)OC(C)=O)NC(C)=O.ClCCl. The Morgan fingerprint density at radius 3 is 0.826 bits per heavy atom. The van der Waals surface area contributed by atoms with Crippen LogP contribution >= 0.6 is 54.5 Å². The van der Waals surface area contributed by atoms with Crippen molar-refractivity contribution in [2.24, 2.45) is 10.7 Å². The molecular weight excluding hydrogens is 1660 g/mol. The van der Waals surface area contributed by atoms with Crippen LogP contribution in [0, 0.1) is 0 Å². The number of nitrogens with two attached hydrogens (primary N) is 1. The van der Waals surface area contributed by atoms with Crippen molar-refractivity contribution in [2.45, 2.75) is 157 Å². The number of urea groups is 1. The van der Waals surface area contributed by atoms with Crippen LogP contribution in [0.15, 0.2) is 55.6 Å². The molecule has 0 aliphatic heterocycles. The minimum Gasteiger partial charge on any atom is -0.463 e. The molecule has 6 amide bonds. The zero-order valence-corrected chi connectivity index (χ0v) is 72.8. The molecule has 0 rings (SSSR count). The number of nitrogens with one attached hydrogen (secondary N) is 6. The number of alkyl halides is 2. The number of esters is 4. The fourth-order valence-electron chi connectivity index (χ4n) is 7.81. The van der Waals surface area contributed by atoms with E-state index >= 15 is 0 Å². The van der Waals surface area contributed by atoms with Gasteiger partial charge in [-0.3, -0.25) is 92.6 Å². The Morgan fingerprint density at radius 1 is 0.383 bits per heavy atom. The van der Waals surface area contributed by atoms with Crippen molar-refractivity contribution >= 4 is 114 Å². The first-order chi connectivity index (χ1) is 54.3. The highest BCUT2D eigenvalue weighted by Gasteiger charge is 2.33. The summed E-state index contributed by atoms with van der Waals surface area (Å²) in [6.07, 6.45) is 7.20. The molecule has 0 bridgehead atoms. The molecule has 0 spiro atoms. The number of carbonyl (C=O) groups excluding carboxylic acids is 10. The summed E-state index contributed by atoms with van der Waals surface area (Å²) in [7, 11) is -16.2. The standard InChI is InChI=1S/C33H60N4O17P2.C17H29N2O9P.C16H31N2O8P.CH2Cl2/c1-9-15-47-55(43,51-23-31(36-27(5)38)21-45-17-11-25(3)53-29(7)40)49-19-13-34-33(42)35-14-20-50-56(44,48-16-10-2)52-24-32(37-28(6)39)22-46-18-12-26(4)54-30(8)41;1-5-8-25-29(23,26-10-7-18-13-20)27-12-17(19-15(3)21)11-24-9-6-14(2)28-16(4)22;1-5-8-23-27(21,24-10-7-17)25-12-16(18-14(3)19)11-22-9-6-13(2)26-15(4)20;2-1-3/h9-10,25-26,31-32H,1-2,11-24H2,3-8H3,(H,36,38)(H,37,39)(H2,34,35,42);5,14,17H,1,6-12H2,2-4H3,(H,19,21);5,13,16H,1,6-12,17H2,2-4H3,(H,18,19);1H2/t25-,26-,31-,32+,55?,56?;14-,17-,29?;13-,16+,27?;/m111./s1. The molecule has 42 nitrogen and oxygen atoms in total. The van der Waals surface area contributed by atoms with Crippen molar-refractivity contribution in [1.82, 2.24) is 31.9 Å². The summed E-state index contributed by atoms with van der Waals surface area (Å²) in [5.74, 6) is -2.99. The van der Waals surface area contributed by atoms with Gasteiger partial charge in [0, 0.05) is 101 Å². The third kappa shape index (κ3) is 76.6. The second-order valence-electron chi connectivity index (χ2n) is 23.4. The van der Waals surface area contributed by atoms with Gasteiger partial charge in [-0.25, -0.2) is 32.8 Å². The van der Waals surface area contributed by atoms with E-state index in [1.165, 1.54) is 85.8 Å². The topological polar surface area (TPSA) is 534 Å². The number of aliphatic imine (C=N–C) groups is 1. The number of amides is 6. The lowest BCUT2D eigenvalue weighted by molar-refractivity contribution is -0.147. The first-order valence-electron chi connectivity index (χ1n) is 35.8. The fraction of sp³-hybridized carbons (Fsp3) is 0.731. The maximum atomic E-state index is 13.2. The third-order valence-corrected chi connectivity index (χ3v) is 18.1. The Morgan fingerprint density at radius 2 is 0.617 bits per heavy atom. The maximum absolute atomic E-state index is 13.2. The molecule has 668 valence electrons. The van der Waals surface area contributed by atoms with E-state index in [1.807, 2.05) is 0 Å². The van der Waals surface area contributed by atoms with Gasteiger partial charge in [0.1, 0.15) is 24.4 Å². The van der Waals surface area contributed by atoms with Crippen LogP contribution < -0.4 is 37.6 Å². The number of hydrogen-bond donors (Lipinski definition) is 7. The zero-order chi connectivity index (χ0) is 87.9. The number of phosphoric ester groups is 4. The van der Waals surface area contributed by atoms with E-state index in [-0.39, 0.29) is 205 Å². The second-order valence-corrected chi connectivity index (χ2v) is 30.9. The van der Waals surface area contributed by atoms with Crippen molar-refractivity contribution in [1.29, 1.82) is 0 Å². The molecule has 0 aromatic rings. The number of rotatable bonds is 67. The highest BCUT2D eigenvalue weighted by molar-refractivity contribution is 7.49. The largest absolute Gasteiger partial charge is 0.475 e. The molecule has 0 aromatic carbocycles. The molecule has 4 unspecified atom stereocenters. The fourth-order valence-corrected chi connectivity index (χ4v) is 12.6. The van der Waals surface area contributed by atoms with Crippen LogP contribution in [-0.2, 0) is 154 Å². The number of ether oxygens (including phenoxy) is 8. The summed E-state index contributed by atoms with van der Waals surface area (Å²) >= 11 is 9.53. The van der Waals surface area contributed by atoms with Crippen LogP contribution in [0.4, 0.5) is 4.79 Å². The van der Waals surface area contributed by atoms with Gasteiger partial charge in [-0.05, 0) is 27.7 Å². The van der Waals surface area contributed by atoms with Gasteiger partial charge in [-0.2, -0.15) is 0 Å². The van der Waals surface area contributed by atoms with E-state index in [9.17, 15) is 66.2 Å². The van der Waals surface area contributed by atoms with Crippen LogP contribution in [0.2, 0.25) is 0 Å². The number of nitrogens with zero attached hydrogens (tertiary/aromatic N) is 1. The molecule has 0 aliphatic carbocycles. The minimum atomic E-state index is -4.20. The normalized spacial score (nSPS) is 15.0. The average molecular weight is 1780 g/mol. The molecule has 0 saturated heterocycles. The van der Waals surface area contributed by atoms with Gasteiger partial charge in [0.05, 0.1) is 168 Å². The van der Waals surface area contributed by atoms with Crippen LogP contribution in [0.25, 0.3) is 0 Å². The summed E-state index contributed by atoms with van der Waals surface area (Å²) < 4.78 is 156. The van der Waals surface area contributed by atoms with Gasteiger partial charge in [0.15, 0.2) is 0 Å². The molecule has 115 heavy (non-hydrogen) atoms. The smallest absolute Gasteiger partial charge is 0.463 e. The highest BCUT2D eigenvalue weighted by atomic mass is 35.5. The molecule has 48 heteroatoms. The summed E-state index contributed by atoms with van der Waals surface area (Å²) in [6.45, 7) is 29.9. The van der Waals surface area contributed by atoms with E-state index < -0.39 is 85.2 Å². The minimum absolute atomic E-state index is 0.0102.